The van der Waals surface area contributed by atoms with Crippen LogP contribution in [0.4, 0.5) is 4.39 Å². The van der Waals surface area contributed by atoms with Crippen molar-refractivity contribution in [1.29, 1.82) is 0 Å². The highest BCUT2D eigenvalue weighted by molar-refractivity contribution is 8.00. The van der Waals surface area contributed by atoms with Gasteiger partial charge in [-0.25, -0.2) is 4.39 Å². The number of thioether (sulfide) groups is 1. The molecule has 16 heavy (non-hydrogen) atoms. The Labute approximate surface area is 101 Å². The fraction of sp³-hybridized carbons (Fsp3) is 0.538. The van der Waals surface area contributed by atoms with Gasteiger partial charge < -0.3 is 5.11 Å². The van der Waals surface area contributed by atoms with Gasteiger partial charge in [-0.1, -0.05) is 20.8 Å². The summed E-state index contributed by atoms with van der Waals surface area (Å²) >= 11 is 1.69. The first kappa shape index (κ1) is 13.5. The van der Waals surface area contributed by atoms with Crippen molar-refractivity contribution in [3.8, 4) is 0 Å². The first-order valence-electron chi connectivity index (χ1n) is 5.56. The summed E-state index contributed by atoms with van der Waals surface area (Å²) in [6, 6.07) is 4.61. The van der Waals surface area contributed by atoms with Gasteiger partial charge in [0, 0.05) is 10.1 Å². The van der Waals surface area contributed by atoms with Gasteiger partial charge in [-0.2, -0.15) is 0 Å². The van der Waals surface area contributed by atoms with Crippen LogP contribution in [0.2, 0.25) is 0 Å². The second-order valence-electron chi connectivity index (χ2n) is 4.43. The number of halogens is 1. The Morgan fingerprint density at radius 1 is 1.19 bits per heavy atom. The maximum absolute atomic E-state index is 13.1. The summed E-state index contributed by atoms with van der Waals surface area (Å²) in [4.78, 5) is 0.970. The van der Waals surface area contributed by atoms with Crippen molar-refractivity contribution in [1.82, 2.24) is 0 Å². The molecule has 0 spiro atoms. The van der Waals surface area contributed by atoms with E-state index in [1.807, 2.05) is 0 Å². The Balaban J connectivity index is 2.95. The molecular formula is C13H19FOS. The molecule has 1 aromatic rings. The largest absolute Gasteiger partial charge is 0.389 e. The molecule has 0 aliphatic heterocycles. The highest BCUT2D eigenvalue weighted by Gasteiger charge is 2.14. The van der Waals surface area contributed by atoms with Crippen molar-refractivity contribution in [3.63, 3.8) is 0 Å². The van der Waals surface area contributed by atoms with Crippen molar-refractivity contribution in [2.75, 3.05) is 0 Å². The lowest BCUT2D eigenvalue weighted by Gasteiger charge is -2.18. The van der Waals surface area contributed by atoms with E-state index < -0.39 is 6.10 Å². The van der Waals surface area contributed by atoms with Crippen molar-refractivity contribution in [3.05, 3.63) is 29.6 Å². The minimum absolute atomic E-state index is 0.294. The Morgan fingerprint density at radius 3 is 2.31 bits per heavy atom. The fourth-order valence-electron chi connectivity index (χ4n) is 1.29. The van der Waals surface area contributed by atoms with Crippen molar-refractivity contribution < 1.29 is 9.50 Å². The lowest BCUT2D eigenvalue weighted by Crippen LogP contribution is -2.06. The molecular weight excluding hydrogens is 223 g/mol. The molecule has 0 aliphatic carbocycles. The van der Waals surface area contributed by atoms with E-state index in [-0.39, 0.29) is 5.82 Å². The molecule has 1 unspecified atom stereocenters. The summed E-state index contributed by atoms with van der Waals surface area (Å²) in [5.74, 6) is 0.259. The maximum Gasteiger partial charge on any atom is 0.123 e. The summed E-state index contributed by atoms with van der Waals surface area (Å²) in [6.45, 7) is 8.12. The van der Waals surface area contributed by atoms with Crippen LogP contribution in [0, 0.1) is 11.7 Å². The second kappa shape index (κ2) is 5.69. The normalized spacial score (nSPS) is 15.2. The number of benzene rings is 1. The Kier molecular flexibility index (Phi) is 4.81. The third-order valence-electron chi connectivity index (χ3n) is 2.67. The maximum atomic E-state index is 13.1. The standard InChI is InChI=1S/C13H19FOS/c1-8(2)10(4)16-13-6-5-11(14)7-12(13)9(3)15/h5-10,15H,1-4H3/t9-,10?/m0/s1. The lowest BCUT2D eigenvalue weighted by molar-refractivity contribution is 0.196. The molecule has 0 heterocycles. The molecule has 0 fully saturated rings. The predicted octanol–water partition coefficient (Wildman–Crippen LogP) is 4.02. The molecule has 3 heteroatoms. The van der Waals surface area contributed by atoms with Gasteiger partial charge in [-0.3, -0.25) is 0 Å². The van der Waals surface area contributed by atoms with Crippen LogP contribution >= 0.6 is 11.8 Å². The monoisotopic (exact) mass is 242 g/mol. The van der Waals surface area contributed by atoms with E-state index in [1.165, 1.54) is 12.1 Å². The van der Waals surface area contributed by atoms with Gasteiger partial charge in [0.05, 0.1) is 6.10 Å². The molecule has 0 saturated carbocycles. The number of aliphatic hydroxyl groups excluding tert-OH is 1. The van der Waals surface area contributed by atoms with Crippen LogP contribution in [0.3, 0.4) is 0 Å². The molecule has 2 atom stereocenters. The van der Waals surface area contributed by atoms with Crippen LogP contribution in [-0.2, 0) is 0 Å². The molecule has 0 radical (unpaired) electrons. The molecule has 1 rings (SSSR count). The van der Waals surface area contributed by atoms with Crippen LogP contribution in [0.25, 0.3) is 0 Å². The van der Waals surface area contributed by atoms with Gasteiger partial charge in [-0.15, -0.1) is 11.8 Å². The highest BCUT2D eigenvalue weighted by atomic mass is 32.2. The zero-order valence-electron chi connectivity index (χ0n) is 10.2. The third kappa shape index (κ3) is 3.49. The number of aliphatic hydroxyl groups is 1. The van der Waals surface area contributed by atoms with Gasteiger partial charge in [0.1, 0.15) is 5.82 Å². The van der Waals surface area contributed by atoms with Crippen LogP contribution in [0.15, 0.2) is 23.1 Å². The minimum atomic E-state index is -0.627. The number of hydrogen-bond acceptors (Lipinski definition) is 2. The fourth-order valence-corrected chi connectivity index (χ4v) is 2.47. The molecule has 1 nitrogen and oxygen atoms in total. The summed E-state index contributed by atoms with van der Waals surface area (Å²) < 4.78 is 13.1. The lowest BCUT2D eigenvalue weighted by atomic mass is 10.1. The Morgan fingerprint density at radius 2 is 1.81 bits per heavy atom. The van der Waals surface area contributed by atoms with Crippen molar-refractivity contribution in [2.45, 2.75) is 43.9 Å². The summed E-state index contributed by atoms with van der Waals surface area (Å²) in [5, 5.41) is 10.0. The van der Waals surface area contributed by atoms with Gasteiger partial charge in [0.25, 0.3) is 0 Å². The molecule has 1 N–H and O–H groups in total. The van der Waals surface area contributed by atoms with E-state index >= 15 is 0 Å². The molecule has 90 valence electrons. The van der Waals surface area contributed by atoms with Crippen LogP contribution in [-0.4, -0.2) is 10.4 Å². The third-order valence-corrected chi connectivity index (χ3v) is 4.22. The van der Waals surface area contributed by atoms with Crippen LogP contribution in [0.1, 0.15) is 39.4 Å². The van der Waals surface area contributed by atoms with Crippen LogP contribution in [0.5, 0.6) is 0 Å². The predicted molar refractivity (Wildman–Crippen MR) is 67.2 cm³/mol. The van der Waals surface area contributed by atoms with Gasteiger partial charge >= 0.3 is 0 Å². The van der Waals surface area contributed by atoms with E-state index in [2.05, 4.69) is 20.8 Å². The average Bonchev–Trinajstić information content (AvgIpc) is 2.20. The smallest absolute Gasteiger partial charge is 0.123 e. The van der Waals surface area contributed by atoms with E-state index in [1.54, 1.807) is 24.8 Å². The minimum Gasteiger partial charge on any atom is -0.389 e. The summed E-state index contributed by atoms with van der Waals surface area (Å²) in [6.07, 6.45) is -0.627. The van der Waals surface area contributed by atoms with E-state index in [0.717, 1.165) is 4.90 Å². The molecule has 0 bridgehead atoms. The van der Waals surface area contributed by atoms with E-state index in [9.17, 15) is 9.50 Å². The topological polar surface area (TPSA) is 20.2 Å². The van der Waals surface area contributed by atoms with Gasteiger partial charge in [0.15, 0.2) is 0 Å². The Hall–Kier alpha value is -0.540. The van der Waals surface area contributed by atoms with Crippen molar-refractivity contribution in [2.24, 2.45) is 5.92 Å². The molecule has 1 aromatic carbocycles. The quantitative estimate of drug-likeness (QED) is 0.805. The Bertz CT molecular complexity index is 350. The first-order valence-corrected chi connectivity index (χ1v) is 6.44. The molecule has 0 amide bonds. The van der Waals surface area contributed by atoms with Crippen molar-refractivity contribution >= 4 is 11.8 Å². The summed E-state index contributed by atoms with van der Waals surface area (Å²) in [7, 11) is 0. The molecule has 0 aromatic heterocycles. The highest BCUT2D eigenvalue weighted by Crippen LogP contribution is 2.33. The zero-order chi connectivity index (χ0) is 12.3. The molecule has 0 saturated heterocycles. The van der Waals surface area contributed by atoms with Gasteiger partial charge in [-0.05, 0) is 36.6 Å². The number of hydrogen-bond donors (Lipinski definition) is 1. The average molecular weight is 242 g/mol. The molecule has 0 aliphatic rings. The van der Waals surface area contributed by atoms with Gasteiger partial charge in [0.2, 0.25) is 0 Å². The summed E-state index contributed by atoms with van der Waals surface area (Å²) in [5.41, 5.74) is 0.678. The zero-order valence-corrected chi connectivity index (χ0v) is 11.0. The first-order chi connectivity index (χ1) is 7.41. The number of rotatable bonds is 4. The van der Waals surface area contributed by atoms with E-state index in [0.29, 0.717) is 16.7 Å². The SMILES string of the molecule is CC(C)C(C)Sc1ccc(F)cc1[C@H](C)O. The van der Waals surface area contributed by atoms with E-state index in [4.69, 9.17) is 0 Å². The van der Waals surface area contributed by atoms with Crippen LogP contribution < -0.4 is 0 Å². The second-order valence-corrected chi connectivity index (χ2v) is 5.84.